The van der Waals surface area contributed by atoms with Crippen LogP contribution in [0.3, 0.4) is 0 Å². The summed E-state index contributed by atoms with van der Waals surface area (Å²) in [5, 5.41) is 10.1. The molecular weight excluding hydrogens is 390 g/mol. The SMILES string of the molecule is CC(=O)OC[C@H]1O[C@@H](n2cc(-c3cccs3)nn2)[C@H](OC(C)=O)[C@@H]1OC(C)=O. The summed E-state index contributed by atoms with van der Waals surface area (Å²) in [7, 11) is 0. The molecule has 10 nitrogen and oxygen atoms in total. The Hall–Kier alpha value is -2.79. The first-order chi connectivity index (χ1) is 13.3. The van der Waals surface area contributed by atoms with Crippen molar-refractivity contribution in [2.24, 2.45) is 0 Å². The summed E-state index contributed by atoms with van der Waals surface area (Å²) in [6.45, 7) is 3.54. The average molecular weight is 409 g/mol. The monoisotopic (exact) mass is 409 g/mol. The Kier molecular flexibility index (Phi) is 6.05. The first kappa shape index (κ1) is 20.0. The fraction of sp³-hybridized carbons (Fsp3) is 0.471. The van der Waals surface area contributed by atoms with Crippen LogP contribution in [0.2, 0.25) is 0 Å². The van der Waals surface area contributed by atoms with Crippen molar-refractivity contribution in [3.05, 3.63) is 23.7 Å². The van der Waals surface area contributed by atoms with Gasteiger partial charge in [0.15, 0.2) is 18.4 Å². The third-order valence-corrected chi connectivity index (χ3v) is 4.78. The number of nitrogens with zero attached hydrogens (tertiary/aromatic N) is 3. The normalized spacial score (nSPS) is 24.0. The highest BCUT2D eigenvalue weighted by Gasteiger charge is 2.51. The lowest BCUT2D eigenvalue weighted by molar-refractivity contribution is -0.166. The molecule has 0 amide bonds. The van der Waals surface area contributed by atoms with E-state index in [4.69, 9.17) is 18.9 Å². The molecule has 4 atom stereocenters. The maximum Gasteiger partial charge on any atom is 0.303 e. The van der Waals surface area contributed by atoms with E-state index in [1.165, 1.54) is 36.8 Å². The highest BCUT2D eigenvalue weighted by Crippen LogP contribution is 2.35. The van der Waals surface area contributed by atoms with Gasteiger partial charge in [0.25, 0.3) is 0 Å². The number of ether oxygens (including phenoxy) is 4. The summed E-state index contributed by atoms with van der Waals surface area (Å²) in [5.41, 5.74) is 0.618. The van der Waals surface area contributed by atoms with Crippen molar-refractivity contribution in [2.75, 3.05) is 6.61 Å². The van der Waals surface area contributed by atoms with E-state index >= 15 is 0 Å². The number of hydrogen-bond acceptors (Lipinski definition) is 10. The van der Waals surface area contributed by atoms with Gasteiger partial charge in [-0.3, -0.25) is 14.4 Å². The number of carbonyl (C=O) groups excluding carboxylic acids is 3. The van der Waals surface area contributed by atoms with Gasteiger partial charge in [0.05, 0.1) is 11.1 Å². The van der Waals surface area contributed by atoms with E-state index in [9.17, 15) is 14.4 Å². The Bertz CT molecular complexity index is 851. The van der Waals surface area contributed by atoms with E-state index in [1.807, 2.05) is 17.5 Å². The molecule has 0 radical (unpaired) electrons. The second-order valence-corrected chi connectivity index (χ2v) is 7.02. The van der Waals surface area contributed by atoms with E-state index in [0.29, 0.717) is 5.69 Å². The van der Waals surface area contributed by atoms with E-state index in [-0.39, 0.29) is 6.61 Å². The summed E-state index contributed by atoms with van der Waals surface area (Å²) in [5.74, 6) is -1.68. The maximum atomic E-state index is 11.6. The van der Waals surface area contributed by atoms with Crippen LogP contribution in [0.25, 0.3) is 10.6 Å². The van der Waals surface area contributed by atoms with Crippen LogP contribution in [0.5, 0.6) is 0 Å². The molecule has 28 heavy (non-hydrogen) atoms. The van der Waals surface area contributed by atoms with Crippen LogP contribution >= 0.6 is 11.3 Å². The minimum Gasteiger partial charge on any atom is -0.463 e. The van der Waals surface area contributed by atoms with Crippen molar-refractivity contribution in [3.8, 4) is 10.6 Å². The van der Waals surface area contributed by atoms with E-state index in [1.54, 1.807) is 6.20 Å². The molecule has 150 valence electrons. The Morgan fingerprint density at radius 2 is 1.86 bits per heavy atom. The minimum atomic E-state index is -0.986. The van der Waals surface area contributed by atoms with Crippen molar-refractivity contribution in [1.82, 2.24) is 15.0 Å². The molecule has 1 aliphatic heterocycles. The molecule has 2 aromatic rings. The molecule has 1 fully saturated rings. The van der Waals surface area contributed by atoms with Crippen LogP contribution < -0.4 is 0 Å². The highest BCUT2D eigenvalue weighted by atomic mass is 32.1. The molecule has 3 rings (SSSR count). The predicted molar refractivity (Wildman–Crippen MR) is 95.0 cm³/mol. The molecular formula is C17H19N3O7S. The molecule has 0 aliphatic carbocycles. The lowest BCUT2D eigenvalue weighted by atomic mass is 10.1. The van der Waals surface area contributed by atoms with Crippen molar-refractivity contribution < 1.29 is 33.3 Å². The zero-order valence-corrected chi connectivity index (χ0v) is 16.3. The summed E-state index contributed by atoms with van der Waals surface area (Å²) in [4.78, 5) is 35.3. The van der Waals surface area contributed by atoms with Crippen LogP contribution in [0, 0.1) is 0 Å². The third-order valence-electron chi connectivity index (χ3n) is 3.89. The van der Waals surface area contributed by atoms with Crippen LogP contribution in [-0.4, -0.2) is 57.8 Å². The molecule has 0 spiro atoms. The molecule has 11 heteroatoms. The van der Waals surface area contributed by atoms with Gasteiger partial charge in [0.1, 0.15) is 18.4 Å². The molecule has 2 aromatic heterocycles. The fourth-order valence-corrected chi connectivity index (χ4v) is 3.52. The van der Waals surface area contributed by atoms with Gasteiger partial charge in [-0.2, -0.15) is 0 Å². The zero-order chi connectivity index (χ0) is 20.3. The lowest BCUT2D eigenvalue weighted by Gasteiger charge is -2.23. The lowest BCUT2D eigenvalue weighted by Crippen LogP contribution is -2.40. The number of carbonyl (C=O) groups is 3. The largest absolute Gasteiger partial charge is 0.463 e. The smallest absolute Gasteiger partial charge is 0.303 e. The van der Waals surface area contributed by atoms with E-state index in [2.05, 4.69) is 10.3 Å². The van der Waals surface area contributed by atoms with Crippen LogP contribution in [-0.2, 0) is 33.3 Å². The number of esters is 3. The van der Waals surface area contributed by atoms with Gasteiger partial charge in [-0.15, -0.1) is 16.4 Å². The second kappa shape index (κ2) is 8.48. The standard InChI is InChI=1S/C17H19N3O7S/c1-9(21)24-8-13-15(25-10(2)22)16(26-11(3)23)17(27-13)20-7-12(18-19-20)14-5-4-6-28-14/h4-7,13,15-17H,8H2,1-3H3/t13-,15-,16-,17-/m1/s1. The molecule has 1 saturated heterocycles. The predicted octanol–water partition coefficient (Wildman–Crippen LogP) is 1.33. The van der Waals surface area contributed by atoms with Gasteiger partial charge in [0, 0.05) is 20.8 Å². The summed E-state index contributed by atoms with van der Waals surface area (Å²) in [6, 6.07) is 3.78. The molecule has 0 N–H and O–H groups in total. The van der Waals surface area contributed by atoms with Crippen LogP contribution in [0.15, 0.2) is 23.7 Å². The zero-order valence-electron chi connectivity index (χ0n) is 15.4. The third kappa shape index (κ3) is 4.54. The summed E-state index contributed by atoms with van der Waals surface area (Å²) >= 11 is 1.50. The molecule has 0 saturated carbocycles. The Morgan fingerprint density at radius 3 is 2.46 bits per heavy atom. The van der Waals surface area contributed by atoms with Gasteiger partial charge >= 0.3 is 17.9 Å². The van der Waals surface area contributed by atoms with Gasteiger partial charge in [0.2, 0.25) is 0 Å². The van der Waals surface area contributed by atoms with Crippen LogP contribution in [0.1, 0.15) is 27.0 Å². The molecule has 1 aliphatic rings. The minimum absolute atomic E-state index is 0.173. The topological polar surface area (TPSA) is 119 Å². The number of thiophene rings is 1. The maximum absolute atomic E-state index is 11.6. The van der Waals surface area contributed by atoms with Crippen molar-refractivity contribution >= 4 is 29.2 Å². The Morgan fingerprint density at radius 1 is 1.14 bits per heavy atom. The Balaban J connectivity index is 1.89. The van der Waals surface area contributed by atoms with Crippen molar-refractivity contribution in [1.29, 1.82) is 0 Å². The first-order valence-corrected chi connectivity index (χ1v) is 9.32. The summed E-state index contributed by atoms with van der Waals surface area (Å²) < 4.78 is 23.0. The van der Waals surface area contributed by atoms with Crippen LogP contribution in [0.4, 0.5) is 0 Å². The number of rotatable bonds is 6. The van der Waals surface area contributed by atoms with Gasteiger partial charge in [-0.25, -0.2) is 4.68 Å². The van der Waals surface area contributed by atoms with Crippen molar-refractivity contribution in [3.63, 3.8) is 0 Å². The van der Waals surface area contributed by atoms with Crippen molar-refractivity contribution in [2.45, 2.75) is 45.3 Å². The average Bonchev–Trinajstić information content (AvgIpc) is 3.33. The quantitative estimate of drug-likeness (QED) is 0.514. The van der Waals surface area contributed by atoms with Gasteiger partial charge in [-0.05, 0) is 11.4 Å². The molecule has 0 aromatic carbocycles. The molecule has 0 bridgehead atoms. The second-order valence-electron chi connectivity index (χ2n) is 6.08. The first-order valence-electron chi connectivity index (χ1n) is 8.44. The number of hydrogen-bond donors (Lipinski definition) is 0. The highest BCUT2D eigenvalue weighted by molar-refractivity contribution is 7.13. The molecule has 0 unspecified atom stereocenters. The molecule has 3 heterocycles. The summed E-state index contributed by atoms with van der Waals surface area (Å²) in [6.07, 6.45) is -2.06. The number of aromatic nitrogens is 3. The Labute approximate surface area is 164 Å². The van der Waals surface area contributed by atoms with Gasteiger partial charge in [-0.1, -0.05) is 11.3 Å². The fourth-order valence-electron chi connectivity index (χ4n) is 2.84. The van der Waals surface area contributed by atoms with E-state index < -0.39 is 42.4 Å². The van der Waals surface area contributed by atoms with E-state index in [0.717, 1.165) is 4.88 Å². The van der Waals surface area contributed by atoms with Gasteiger partial charge < -0.3 is 18.9 Å².